The van der Waals surface area contributed by atoms with Gasteiger partial charge >= 0.3 is 0 Å². The Labute approximate surface area is 109 Å². The van der Waals surface area contributed by atoms with Crippen molar-refractivity contribution < 1.29 is 4.79 Å². The summed E-state index contributed by atoms with van der Waals surface area (Å²) < 4.78 is 1.10. The van der Waals surface area contributed by atoms with E-state index in [9.17, 15) is 4.79 Å². The molecular formula is C14H11IO. The van der Waals surface area contributed by atoms with Gasteiger partial charge in [-0.15, -0.1) is 0 Å². The Morgan fingerprint density at radius 3 is 2.44 bits per heavy atom. The van der Waals surface area contributed by atoms with E-state index in [4.69, 9.17) is 0 Å². The maximum Gasteiger partial charge on any atom is 0.150 e. The molecule has 0 aliphatic rings. The van der Waals surface area contributed by atoms with Crippen LogP contribution in [0.25, 0.3) is 0 Å². The van der Waals surface area contributed by atoms with E-state index in [0.717, 1.165) is 21.8 Å². The van der Waals surface area contributed by atoms with Gasteiger partial charge in [0.2, 0.25) is 0 Å². The molecule has 2 rings (SSSR count). The van der Waals surface area contributed by atoms with E-state index in [1.807, 2.05) is 30.3 Å². The highest BCUT2D eigenvalue weighted by atomic mass is 127. The number of rotatable bonds is 3. The summed E-state index contributed by atoms with van der Waals surface area (Å²) in [6.45, 7) is 0. The van der Waals surface area contributed by atoms with Gasteiger partial charge < -0.3 is 0 Å². The first-order chi connectivity index (χ1) is 7.78. The average molecular weight is 322 g/mol. The van der Waals surface area contributed by atoms with E-state index in [0.29, 0.717) is 0 Å². The Morgan fingerprint density at radius 1 is 1.00 bits per heavy atom. The van der Waals surface area contributed by atoms with Gasteiger partial charge in [-0.2, -0.15) is 0 Å². The minimum absolute atomic E-state index is 0.748. The van der Waals surface area contributed by atoms with Crippen molar-refractivity contribution in [1.29, 1.82) is 0 Å². The summed E-state index contributed by atoms with van der Waals surface area (Å²) in [5.74, 6) is 0. The number of aldehydes is 1. The molecule has 0 unspecified atom stereocenters. The second-order valence-corrected chi connectivity index (χ2v) is 4.92. The van der Waals surface area contributed by atoms with Crippen molar-refractivity contribution >= 4 is 28.9 Å². The molecule has 1 nitrogen and oxygen atoms in total. The molecule has 0 aliphatic carbocycles. The first kappa shape index (κ1) is 11.3. The van der Waals surface area contributed by atoms with Gasteiger partial charge in [-0.05, 0) is 58.3 Å². The maximum atomic E-state index is 10.8. The molecule has 16 heavy (non-hydrogen) atoms. The van der Waals surface area contributed by atoms with Crippen molar-refractivity contribution in [1.82, 2.24) is 0 Å². The third-order valence-corrected chi connectivity index (χ3v) is 2.99. The quantitative estimate of drug-likeness (QED) is 0.622. The molecule has 2 aromatic carbocycles. The van der Waals surface area contributed by atoms with Crippen LogP contribution < -0.4 is 0 Å². The molecule has 2 heteroatoms. The highest BCUT2D eigenvalue weighted by molar-refractivity contribution is 14.1. The summed E-state index contributed by atoms with van der Waals surface area (Å²) in [7, 11) is 0. The molecule has 0 saturated carbocycles. The van der Waals surface area contributed by atoms with Crippen LogP contribution in [0.1, 0.15) is 21.5 Å². The van der Waals surface area contributed by atoms with Crippen molar-refractivity contribution in [2.45, 2.75) is 6.42 Å². The highest BCUT2D eigenvalue weighted by Crippen LogP contribution is 2.15. The minimum Gasteiger partial charge on any atom is -0.298 e. The fraction of sp³-hybridized carbons (Fsp3) is 0.0714. The highest BCUT2D eigenvalue weighted by Gasteiger charge is 2.00. The number of benzene rings is 2. The Hall–Kier alpha value is -1.16. The second-order valence-electron chi connectivity index (χ2n) is 3.67. The van der Waals surface area contributed by atoms with Gasteiger partial charge in [-0.25, -0.2) is 0 Å². The maximum absolute atomic E-state index is 10.8. The molecule has 0 spiro atoms. The topological polar surface area (TPSA) is 17.1 Å². The fourth-order valence-corrected chi connectivity index (χ4v) is 2.44. The molecule has 0 aromatic heterocycles. The van der Waals surface area contributed by atoms with E-state index >= 15 is 0 Å². The summed E-state index contributed by atoms with van der Waals surface area (Å²) in [6, 6.07) is 16.2. The molecule has 0 aliphatic heterocycles. The van der Waals surface area contributed by atoms with Crippen LogP contribution in [0.15, 0.2) is 48.5 Å². The number of hydrogen-bond donors (Lipinski definition) is 0. The summed E-state index contributed by atoms with van der Waals surface area (Å²) in [5.41, 5.74) is 3.19. The lowest BCUT2D eigenvalue weighted by Crippen LogP contribution is -1.91. The number of hydrogen-bond acceptors (Lipinski definition) is 1. The summed E-state index contributed by atoms with van der Waals surface area (Å²) in [6.07, 6.45) is 1.77. The van der Waals surface area contributed by atoms with Crippen molar-refractivity contribution in [2.24, 2.45) is 0 Å². The molecule has 0 radical (unpaired) electrons. The largest absolute Gasteiger partial charge is 0.298 e. The molecule has 0 saturated heterocycles. The third-order valence-electron chi connectivity index (χ3n) is 2.37. The van der Waals surface area contributed by atoms with Gasteiger partial charge in [0, 0.05) is 9.13 Å². The number of halogens is 1. The molecule has 0 heterocycles. The van der Waals surface area contributed by atoms with Crippen molar-refractivity contribution in [3.63, 3.8) is 0 Å². The predicted molar refractivity (Wildman–Crippen MR) is 73.8 cm³/mol. The van der Waals surface area contributed by atoms with Crippen LogP contribution in [0.5, 0.6) is 0 Å². The molecular weight excluding hydrogens is 311 g/mol. The zero-order valence-electron chi connectivity index (χ0n) is 8.69. The van der Waals surface area contributed by atoms with E-state index < -0.39 is 0 Å². The SMILES string of the molecule is O=Cc1cc(I)cc(Cc2ccccc2)c1. The van der Waals surface area contributed by atoms with E-state index in [-0.39, 0.29) is 0 Å². The van der Waals surface area contributed by atoms with E-state index in [2.05, 4.69) is 40.8 Å². The van der Waals surface area contributed by atoms with Crippen LogP contribution in [-0.2, 0) is 6.42 Å². The van der Waals surface area contributed by atoms with Gasteiger partial charge in [0.25, 0.3) is 0 Å². The van der Waals surface area contributed by atoms with Crippen LogP contribution in [-0.4, -0.2) is 6.29 Å². The lowest BCUT2D eigenvalue weighted by molar-refractivity contribution is 0.112. The third kappa shape index (κ3) is 2.92. The average Bonchev–Trinajstić information content (AvgIpc) is 2.29. The minimum atomic E-state index is 0.748. The Kier molecular flexibility index (Phi) is 3.72. The van der Waals surface area contributed by atoms with Gasteiger partial charge in [-0.3, -0.25) is 4.79 Å². The van der Waals surface area contributed by atoms with Crippen LogP contribution in [0, 0.1) is 3.57 Å². The number of carbonyl (C=O) groups is 1. The van der Waals surface area contributed by atoms with Crippen molar-refractivity contribution in [2.75, 3.05) is 0 Å². The van der Waals surface area contributed by atoms with Crippen molar-refractivity contribution in [3.8, 4) is 0 Å². The zero-order valence-corrected chi connectivity index (χ0v) is 10.8. The summed E-state index contributed by atoms with van der Waals surface area (Å²) >= 11 is 2.24. The first-order valence-corrected chi connectivity index (χ1v) is 6.14. The predicted octanol–water partition coefficient (Wildman–Crippen LogP) is 3.69. The Bertz CT molecular complexity index is 491. The molecule has 80 valence electrons. The molecule has 0 fully saturated rings. The van der Waals surface area contributed by atoms with E-state index in [1.54, 1.807) is 0 Å². The molecule has 0 atom stereocenters. The van der Waals surface area contributed by atoms with Crippen molar-refractivity contribution in [3.05, 3.63) is 68.8 Å². The summed E-state index contributed by atoms with van der Waals surface area (Å²) in [5, 5.41) is 0. The second kappa shape index (κ2) is 5.25. The Morgan fingerprint density at radius 2 is 1.75 bits per heavy atom. The summed E-state index contributed by atoms with van der Waals surface area (Å²) in [4.78, 5) is 10.8. The Balaban J connectivity index is 2.28. The monoisotopic (exact) mass is 322 g/mol. The van der Waals surface area contributed by atoms with Gasteiger partial charge in [0.05, 0.1) is 0 Å². The van der Waals surface area contributed by atoms with Crippen LogP contribution in [0.4, 0.5) is 0 Å². The lowest BCUT2D eigenvalue weighted by atomic mass is 10.0. The van der Waals surface area contributed by atoms with Gasteiger partial charge in [-0.1, -0.05) is 30.3 Å². The molecule has 0 bridgehead atoms. The smallest absolute Gasteiger partial charge is 0.150 e. The van der Waals surface area contributed by atoms with Crippen LogP contribution in [0.2, 0.25) is 0 Å². The van der Waals surface area contributed by atoms with Crippen LogP contribution in [0.3, 0.4) is 0 Å². The van der Waals surface area contributed by atoms with E-state index in [1.165, 1.54) is 11.1 Å². The molecule has 0 N–H and O–H groups in total. The van der Waals surface area contributed by atoms with Gasteiger partial charge in [0.1, 0.15) is 6.29 Å². The fourth-order valence-electron chi connectivity index (χ4n) is 1.68. The standard InChI is InChI=1S/C14H11IO/c15-14-8-12(7-13(9-14)10-16)6-11-4-2-1-3-5-11/h1-5,7-10H,6H2. The molecule has 2 aromatic rings. The number of carbonyl (C=O) groups excluding carboxylic acids is 1. The normalized spacial score (nSPS) is 10.1. The van der Waals surface area contributed by atoms with Crippen LogP contribution >= 0.6 is 22.6 Å². The first-order valence-electron chi connectivity index (χ1n) is 5.06. The van der Waals surface area contributed by atoms with Gasteiger partial charge in [0.15, 0.2) is 0 Å². The lowest BCUT2D eigenvalue weighted by Gasteiger charge is -2.03. The zero-order chi connectivity index (χ0) is 11.4. The molecule has 0 amide bonds.